The summed E-state index contributed by atoms with van der Waals surface area (Å²) in [5.41, 5.74) is 0. The van der Waals surface area contributed by atoms with Crippen molar-refractivity contribution in [1.29, 1.82) is 0 Å². The van der Waals surface area contributed by atoms with Gasteiger partial charge in [-0.3, -0.25) is 4.90 Å². The van der Waals surface area contributed by atoms with Gasteiger partial charge in [-0.2, -0.15) is 0 Å². The zero-order valence-corrected chi connectivity index (χ0v) is 11.2. The Morgan fingerprint density at radius 3 is 2.33 bits per heavy atom. The number of methoxy groups -OCH3 is 1. The minimum Gasteiger partial charge on any atom is -0.383 e. The Hall–Kier alpha value is -0.120. The Balaban J connectivity index is 3.99. The molecular formula is C12H28N2O. The molecule has 0 fully saturated rings. The quantitative estimate of drug-likeness (QED) is 0.669. The number of nitrogens with zero attached hydrogens (tertiary/aromatic N) is 1. The van der Waals surface area contributed by atoms with E-state index in [9.17, 15) is 0 Å². The molecule has 1 N–H and O–H groups in total. The molecule has 0 saturated carbocycles. The third-order valence-electron chi connectivity index (χ3n) is 3.19. The molecule has 0 aliphatic carbocycles. The predicted octanol–water partition coefficient (Wildman–Crippen LogP) is 1.73. The zero-order chi connectivity index (χ0) is 11.8. The van der Waals surface area contributed by atoms with Crippen LogP contribution in [0.25, 0.3) is 0 Å². The van der Waals surface area contributed by atoms with Crippen molar-refractivity contribution in [2.24, 2.45) is 0 Å². The highest BCUT2D eigenvalue weighted by molar-refractivity contribution is 4.78. The van der Waals surface area contributed by atoms with Crippen LogP contribution in [0.1, 0.15) is 34.1 Å². The van der Waals surface area contributed by atoms with Crippen LogP contribution < -0.4 is 5.32 Å². The Morgan fingerprint density at radius 2 is 1.87 bits per heavy atom. The average Bonchev–Trinajstić information content (AvgIpc) is 2.24. The second kappa shape index (κ2) is 8.08. The number of nitrogens with one attached hydrogen (secondary N) is 1. The molecule has 0 bridgehead atoms. The van der Waals surface area contributed by atoms with Gasteiger partial charge in [-0.15, -0.1) is 0 Å². The molecule has 3 heteroatoms. The smallest absolute Gasteiger partial charge is 0.0615 e. The molecule has 0 spiro atoms. The summed E-state index contributed by atoms with van der Waals surface area (Å²) in [7, 11) is 3.92. The van der Waals surface area contributed by atoms with Crippen LogP contribution >= 0.6 is 0 Å². The van der Waals surface area contributed by atoms with Gasteiger partial charge < -0.3 is 10.1 Å². The van der Waals surface area contributed by atoms with Crippen LogP contribution in [0, 0.1) is 0 Å². The van der Waals surface area contributed by atoms with E-state index in [0.717, 1.165) is 13.2 Å². The highest BCUT2D eigenvalue weighted by atomic mass is 16.5. The van der Waals surface area contributed by atoms with Gasteiger partial charge in [0.25, 0.3) is 0 Å². The van der Waals surface area contributed by atoms with Crippen molar-refractivity contribution in [3.05, 3.63) is 0 Å². The SMILES string of the molecule is CCCNC(C)C(C)N(C)C(C)COC. The molecule has 0 aliphatic heterocycles. The minimum atomic E-state index is 0.468. The fourth-order valence-corrected chi connectivity index (χ4v) is 1.66. The fourth-order valence-electron chi connectivity index (χ4n) is 1.66. The van der Waals surface area contributed by atoms with Crippen molar-refractivity contribution in [2.45, 2.75) is 52.2 Å². The first-order chi connectivity index (χ1) is 7.04. The predicted molar refractivity (Wildman–Crippen MR) is 66.3 cm³/mol. The van der Waals surface area contributed by atoms with Crippen molar-refractivity contribution in [1.82, 2.24) is 10.2 Å². The highest BCUT2D eigenvalue weighted by Gasteiger charge is 2.20. The summed E-state index contributed by atoms with van der Waals surface area (Å²) in [6, 6.07) is 1.52. The Bertz CT molecular complexity index is 153. The number of rotatable bonds is 8. The third-order valence-corrected chi connectivity index (χ3v) is 3.19. The van der Waals surface area contributed by atoms with Crippen molar-refractivity contribution >= 4 is 0 Å². The summed E-state index contributed by atoms with van der Waals surface area (Å²) in [5, 5.41) is 3.53. The molecule has 0 aromatic rings. The van der Waals surface area contributed by atoms with E-state index >= 15 is 0 Å². The van der Waals surface area contributed by atoms with Crippen LogP contribution in [-0.4, -0.2) is 50.3 Å². The largest absolute Gasteiger partial charge is 0.383 e. The van der Waals surface area contributed by atoms with Crippen molar-refractivity contribution in [2.75, 3.05) is 27.3 Å². The number of likely N-dealkylation sites (N-methyl/N-ethyl adjacent to an activating group) is 1. The maximum absolute atomic E-state index is 5.17. The third kappa shape index (κ3) is 5.50. The van der Waals surface area contributed by atoms with Crippen LogP contribution in [0.15, 0.2) is 0 Å². The zero-order valence-electron chi connectivity index (χ0n) is 11.2. The van der Waals surface area contributed by atoms with Gasteiger partial charge in [-0.1, -0.05) is 6.92 Å². The minimum absolute atomic E-state index is 0.468. The van der Waals surface area contributed by atoms with Crippen molar-refractivity contribution in [3.8, 4) is 0 Å². The Kier molecular flexibility index (Phi) is 8.02. The summed E-state index contributed by atoms with van der Waals surface area (Å²) in [4.78, 5) is 2.37. The summed E-state index contributed by atoms with van der Waals surface area (Å²) in [6.45, 7) is 10.8. The normalized spacial score (nSPS) is 17.8. The lowest BCUT2D eigenvalue weighted by Gasteiger charge is -2.34. The summed E-state index contributed by atoms with van der Waals surface area (Å²) < 4.78 is 5.17. The molecule has 0 radical (unpaired) electrons. The molecule has 3 atom stereocenters. The van der Waals surface area contributed by atoms with E-state index in [1.807, 2.05) is 0 Å². The summed E-state index contributed by atoms with van der Waals surface area (Å²) in [5.74, 6) is 0. The van der Waals surface area contributed by atoms with Crippen LogP contribution in [-0.2, 0) is 4.74 Å². The average molecular weight is 216 g/mol. The molecule has 0 aromatic heterocycles. The van der Waals surface area contributed by atoms with Crippen LogP contribution in [0.4, 0.5) is 0 Å². The van der Waals surface area contributed by atoms with Gasteiger partial charge in [-0.25, -0.2) is 0 Å². The lowest BCUT2D eigenvalue weighted by atomic mass is 10.1. The molecule has 3 unspecified atom stereocenters. The van der Waals surface area contributed by atoms with E-state index in [2.05, 4.69) is 45.0 Å². The maximum atomic E-state index is 5.17. The van der Waals surface area contributed by atoms with Crippen LogP contribution in [0.2, 0.25) is 0 Å². The molecule has 0 amide bonds. The molecule has 0 rings (SSSR count). The van der Waals surface area contributed by atoms with Gasteiger partial charge in [0.05, 0.1) is 6.61 Å². The van der Waals surface area contributed by atoms with Crippen molar-refractivity contribution < 1.29 is 4.74 Å². The Labute approximate surface area is 95.2 Å². The highest BCUT2D eigenvalue weighted by Crippen LogP contribution is 2.06. The number of hydrogen-bond acceptors (Lipinski definition) is 3. The first-order valence-electron chi connectivity index (χ1n) is 5.98. The van der Waals surface area contributed by atoms with E-state index in [1.54, 1.807) is 7.11 Å². The van der Waals surface area contributed by atoms with Crippen LogP contribution in [0.3, 0.4) is 0 Å². The topological polar surface area (TPSA) is 24.5 Å². The fraction of sp³-hybridized carbons (Fsp3) is 1.00. The molecule has 0 aliphatic rings. The van der Waals surface area contributed by atoms with Gasteiger partial charge >= 0.3 is 0 Å². The molecule has 0 heterocycles. The standard InChI is InChI=1S/C12H28N2O/c1-7-8-13-11(3)12(4)14(5)10(2)9-15-6/h10-13H,7-9H2,1-6H3. The van der Waals surface area contributed by atoms with Gasteiger partial charge in [0.1, 0.15) is 0 Å². The molecular weight excluding hydrogens is 188 g/mol. The van der Waals surface area contributed by atoms with Gasteiger partial charge in [-0.05, 0) is 40.8 Å². The van der Waals surface area contributed by atoms with Gasteiger partial charge in [0, 0.05) is 25.2 Å². The molecule has 0 saturated heterocycles. The molecule has 3 nitrogen and oxygen atoms in total. The van der Waals surface area contributed by atoms with E-state index < -0.39 is 0 Å². The Morgan fingerprint density at radius 1 is 1.27 bits per heavy atom. The maximum Gasteiger partial charge on any atom is 0.0615 e. The van der Waals surface area contributed by atoms with E-state index in [4.69, 9.17) is 4.74 Å². The van der Waals surface area contributed by atoms with Gasteiger partial charge in [0.15, 0.2) is 0 Å². The van der Waals surface area contributed by atoms with E-state index in [-0.39, 0.29) is 0 Å². The lowest BCUT2D eigenvalue weighted by molar-refractivity contribution is 0.0834. The number of ether oxygens (including phenoxy) is 1. The van der Waals surface area contributed by atoms with Gasteiger partial charge in [0.2, 0.25) is 0 Å². The van der Waals surface area contributed by atoms with Crippen LogP contribution in [0.5, 0.6) is 0 Å². The molecule has 0 aromatic carbocycles. The van der Waals surface area contributed by atoms with E-state index in [0.29, 0.717) is 18.1 Å². The summed E-state index contributed by atoms with van der Waals surface area (Å²) in [6.07, 6.45) is 1.19. The van der Waals surface area contributed by atoms with E-state index in [1.165, 1.54) is 6.42 Å². The first kappa shape index (κ1) is 14.9. The van der Waals surface area contributed by atoms with Crippen molar-refractivity contribution in [3.63, 3.8) is 0 Å². The molecule has 15 heavy (non-hydrogen) atoms. The first-order valence-corrected chi connectivity index (χ1v) is 5.98. The second-order valence-corrected chi connectivity index (χ2v) is 4.45. The lowest BCUT2D eigenvalue weighted by Crippen LogP contribution is -2.49. The summed E-state index contributed by atoms with van der Waals surface area (Å²) >= 11 is 0. The number of hydrogen-bond donors (Lipinski definition) is 1. The monoisotopic (exact) mass is 216 g/mol. The second-order valence-electron chi connectivity index (χ2n) is 4.45. The molecule has 92 valence electrons.